The van der Waals surface area contributed by atoms with E-state index in [-0.39, 0.29) is 30.5 Å². The van der Waals surface area contributed by atoms with Crippen LogP contribution in [0.15, 0.2) is 42.0 Å². The van der Waals surface area contributed by atoms with Crippen LogP contribution >= 0.6 is 0 Å². The van der Waals surface area contributed by atoms with E-state index < -0.39 is 17.7 Å². The standard InChI is InChI=1S/C22H29NO4/c1-6-26-20(24)19-16-13-12-14(2)17(16)18(15-10-8-7-9-11-15)23(19)21(25)27-22(3,4)5/h7-12,16-19H,6,13H2,1-5H3/t16-,17+,18-,19-/m0/s1. The molecule has 4 atom stereocenters. The molecule has 1 aromatic carbocycles. The Balaban J connectivity index is 2.07. The average Bonchev–Trinajstić information content (AvgIpc) is 3.12. The summed E-state index contributed by atoms with van der Waals surface area (Å²) in [5.41, 5.74) is 1.59. The van der Waals surface area contributed by atoms with E-state index >= 15 is 0 Å². The van der Waals surface area contributed by atoms with Crippen LogP contribution in [0.5, 0.6) is 0 Å². The molecule has 0 saturated carbocycles. The van der Waals surface area contributed by atoms with E-state index in [0.717, 1.165) is 12.0 Å². The summed E-state index contributed by atoms with van der Waals surface area (Å²) in [6.07, 6.45) is 2.49. The Morgan fingerprint density at radius 2 is 1.85 bits per heavy atom. The number of amides is 1. The topological polar surface area (TPSA) is 55.8 Å². The molecule has 1 aliphatic carbocycles. The predicted octanol–water partition coefficient (Wildman–Crippen LogP) is 4.49. The summed E-state index contributed by atoms with van der Waals surface area (Å²) in [6, 6.07) is 9.03. The fourth-order valence-electron chi connectivity index (χ4n) is 4.38. The Bertz CT molecular complexity index is 734. The molecule has 5 nitrogen and oxygen atoms in total. The second kappa shape index (κ2) is 7.37. The number of benzene rings is 1. The molecule has 27 heavy (non-hydrogen) atoms. The Labute approximate surface area is 161 Å². The van der Waals surface area contributed by atoms with Gasteiger partial charge in [0, 0.05) is 11.8 Å². The van der Waals surface area contributed by atoms with Gasteiger partial charge >= 0.3 is 12.1 Å². The van der Waals surface area contributed by atoms with Gasteiger partial charge in [0.15, 0.2) is 0 Å². The molecule has 0 N–H and O–H groups in total. The molecule has 2 aliphatic rings. The first-order chi connectivity index (χ1) is 12.7. The van der Waals surface area contributed by atoms with E-state index in [2.05, 4.69) is 13.0 Å². The molecule has 1 heterocycles. The van der Waals surface area contributed by atoms with Crippen LogP contribution < -0.4 is 0 Å². The maximum Gasteiger partial charge on any atom is 0.411 e. The largest absolute Gasteiger partial charge is 0.464 e. The zero-order valence-corrected chi connectivity index (χ0v) is 16.8. The van der Waals surface area contributed by atoms with Crippen molar-refractivity contribution in [1.29, 1.82) is 0 Å². The summed E-state index contributed by atoms with van der Waals surface area (Å²) in [4.78, 5) is 27.7. The number of nitrogens with zero attached hydrogens (tertiary/aromatic N) is 1. The van der Waals surface area contributed by atoms with Crippen molar-refractivity contribution in [3.05, 3.63) is 47.5 Å². The lowest BCUT2D eigenvalue weighted by Crippen LogP contribution is -2.47. The number of carbonyl (C=O) groups is 2. The van der Waals surface area contributed by atoms with Crippen LogP contribution in [0.3, 0.4) is 0 Å². The summed E-state index contributed by atoms with van der Waals surface area (Å²) in [6.45, 7) is 9.67. The van der Waals surface area contributed by atoms with Crippen molar-refractivity contribution in [1.82, 2.24) is 4.90 Å². The molecule has 146 valence electrons. The molecule has 0 radical (unpaired) electrons. The first-order valence-electron chi connectivity index (χ1n) is 9.64. The highest BCUT2D eigenvalue weighted by Gasteiger charge is 2.57. The molecule has 1 fully saturated rings. The van der Waals surface area contributed by atoms with E-state index in [0.29, 0.717) is 0 Å². The van der Waals surface area contributed by atoms with Crippen LogP contribution in [0.2, 0.25) is 0 Å². The van der Waals surface area contributed by atoms with Gasteiger partial charge in [0.1, 0.15) is 11.6 Å². The van der Waals surface area contributed by atoms with Crippen LogP contribution in [-0.2, 0) is 14.3 Å². The fourth-order valence-corrected chi connectivity index (χ4v) is 4.38. The van der Waals surface area contributed by atoms with Gasteiger partial charge in [-0.1, -0.05) is 42.0 Å². The molecular formula is C22H29NO4. The van der Waals surface area contributed by atoms with Crippen LogP contribution in [-0.4, -0.2) is 35.2 Å². The number of carbonyl (C=O) groups excluding carboxylic acids is 2. The second-order valence-electron chi connectivity index (χ2n) is 8.31. The minimum atomic E-state index is -0.639. The zero-order chi connectivity index (χ0) is 19.8. The lowest BCUT2D eigenvalue weighted by atomic mass is 9.84. The molecule has 1 amide bonds. The molecule has 0 spiro atoms. The van der Waals surface area contributed by atoms with Gasteiger partial charge in [-0.05, 0) is 46.6 Å². The maximum atomic E-state index is 13.2. The normalized spacial score (nSPS) is 27.1. The van der Waals surface area contributed by atoms with Crippen molar-refractivity contribution in [2.24, 2.45) is 11.8 Å². The maximum absolute atomic E-state index is 13.2. The number of ether oxygens (including phenoxy) is 2. The van der Waals surface area contributed by atoms with E-state index in [9.17, 15) is 9.59 Å². The molecule has 3 rings (SSSR count). The Kier molecular flexibility index (Phi) is 5.31. The monoisotopic (exact) mass is 371 g/mol. The predicted molar refractivity (Wildman–Crippen MR) is 103 cm³/mol. The van der Waals surface area contributed by atoms with Gasteiger partial charge in [-0.15, -0.1) is 0 Å². The van der Waals surface area contributed by atoms with E-state index in [1.807, 2.05) is 51.1 Å². The van der Waals surface area contributed by atoms with Crippen LogP contribution in [0.1, 0.15) is 52.6 Å². The highest BCUT2D eigenvalue weighted by atomic mass is 16.6. The Morgan fingerprint density at radius 3 is 2.44 bits per heavy atom. The molecule has 1 aromatic rings. The zero-order valence-electron chi connectivity index (χ0n) is 16.8. The highest BCUT2D eigenvalue weighted by Crippen LogP contribution is 2.53. The number of fused-ring (bicyclic) bond motifs is 1. The quantitative estimate of drug-likeness (QED) is 0.580. The SMILES string of the molecule is CCOC(=O)[C@@H]1[C@H]2CC=C(C)[C@H]2[C@H](c2ccccc2)N1C(=O)OC(C)(C)C. The van der Waals surface area contributed by atoms with Gasteiger partial charge in [-0.25, -0.2) is 9.59 Å². The summed E-state index contributed by atoms with van der Waals surface area (Å²) in [5, 5.41) is 0. The first kappa shape index (κ1) is 19.5. The van der Waals surface area contributed by atoms with Gasteiger partial charge in [-0.2, -0.15) is 0 Å². The second-order valence-corrected chi connectivity index (χ2v) is 8.31. The third-order valence-electron chi connectivity index (χ3n) is 5.32. The molecule has 1 aliphatic heterocycles. The van der Waals surface area contributed by atoms with Gasteiger partial charge in [0.2, 0.25) is 0 Å². The van der Waals surface area contributed by atoms with Crippen LogP contribution in [0.4, 0.5) is 4.79 Å². The van der Waals surface area contributed by atoms with Crippen molar-refractivity contribution in [3.8, 4) is 0 Å². The Morgan fingerprint density at radius 1 is 1.19 bits per heavy atom. The summed E-state index contributed by atoms with van der Waals surface area (Å²) in [5.74, 6) is -0.240. The Hall–Kier alpha value is -2.30. The number of allylic oxidation sites excluding steroid dienone is 1. The number of hydrogen-bond acceptors (Lipinski definition) is 4. The first-order valence-corrected chi connectivity index (χ1v) is 9.64. The molecule has 0 bridgehead atoms. The van der Waals surface area contributed by atoms with E-state index in [4.69, 9.17) is 9.47 Å². The van der Waals surface area contributed by atoms with Gasteiger partial charge < -0.3 is 9.47 Å². The average molecular weight is 371 g/mol. The van der Waals surface area contributed by atoms with Crippen molar-refractivity contribution < 1.29 is 19.1 Å². The smallest absolute Gasteiger partial charge is 0.411 e. The van der Waals surface area contributed by atoms with Crippen molar-refractivity contribution in [2.75, 3.05) is 6.61 Å². The van der Waals surface area contributed by atoms with Gasteiger partial charge in [0.05, 0.1) is 12.6 Å². The van der Waals surface area contributed by atoms with Crippen LogP contribution in [0.25, 0.3) is 0 Å². The minimum Gasteiger partial charge on any atom is -0.464 e. The number of hydrogen-bond donors (Lipinski definition) is 0. The van der Waals surface area contributed by atoms with Gasteiger partial charge in [0.25, 0.3) is 0 Å². The third-order valence-corrected chi connectivity index (χ3v) is 5.32. The molecule has 5 heteroatoms. The lowest BCUT2D eigenvalue weighted by Gasteiger charge is -2.33. The number of esters is 1. The number of likely N-dealkylation sites (tertiary alicyclic amines) is 1. The van der Waals surface area contributed by atoms with E-state index in [1.54, 1.807) is 11.8 Å². The highest BCUT2D eigenvalue weighted by molar-refractivity contribution is 5.84. The van der Waals surface area contributed by atoms with E-state index in [1.165, 1.54) is 5.57 Å². The van der Waals surface area contributed by atoms with Crippen molar-refractivity contribution in [2.45, 2.75) is 58.7 Å². The minimum absolute atomic E-state index is 0.0155. The molecular weight excluding hydrogens is 342 g/mol. The van der Waals surface area contributed by atoms with Gasteiger partial charge in [-0.3, -0.25) is 4.90 Å². The third kappa shape index (κ3) is 3.73. The van der Waals surface area contributed by atoms with Crippen molar-refractivity contribution >= 4 is 12.1 Å². The van der Waals surface area contributed by atoms with Crippen molar-refractivity contribution in [3.63, 3.8) is 0 Å². The lowest BCUT2D eigenvalue weighted by molar-refractivity contribution is -0.150. The number of rotatable bonds is 3. The summed E-state index contributed by atoms with van der Waals surface area (Å²) in [7, 11) is 0. The summed E-state index contributed by atoms with van der Waals surface area (Å²) >= 11 is 0. The molecule has 1 saturated heterocycles. The molecule has 0 unspecified atom stereocenters. The molecule has 0 aromatic heterocycles. The fraction of sp³-hybridized carbons (Fsp3) is 0.545. The van der Waals surface area contributed by atoms with Crippen LogP contribution in [0, 0.1) is 11.8 Å². The summed E-state index contributed by atoms with van der Waals surface area (Å²) < 4.78 is 11.0.